The van der Waals surface area contributed by atoms with Crippen LogP contribution in [0.1, 0.15) is 18.2 Å². The van der Waals surface area contributed by atoms with E-state index in [4.69, 9.17) is 4.74 Å². The summed E-state index contributed by atoms with van der Waals surface area (Å²) >= 11 is 0. The molecule has 0 saturated heterocycles. The first-order valence-electron chi connectivity index (χ1n) is 7.72. The van der Waals surface area contributed by atoms with E-state index in [0.717, 1.165) is 11.3 Å². The third-order valence-electron chi connectivity index (χ3n) is 3.23. The van der Waals surface area contributed by atoms with Gasteiger partial charge in [0.05, 0.1) is 18.9 Å². The van der Waals surface area contributed by atoms with E-state index in [0.29, 0.717) is 19.8 Å². The molecule has 0 bridgehead atoms. The molecule has 1 unspecified atom stereocenters. The molecule has 0 spiro atoms. The van der Waals surface area contributed by atoms with Crippen molar-refractivity contribution in [2.24, 2.45) is 5.92 Å². The van der Waals surface area contributed by atoms with Gasteiger partial charge in [-0.1, -0.05) is 43.3 Å². The van der Waals surface area contributed by atoms with Crippen LogP contribution in [-0.4, -0.2) is 24.0 Å². The fourth-order valence-corrected chi connectivity index (χ4v) is 1.98. The fourth-order valence-electron chi connectivity index (χ4n) is 1.98. The lowest BCUT2D eigenvalue weighted by molar-refractivity contribution is -0.116. The second-order valence-electron chi connectivity index (χ2n) is 5.44. The zero-order valence-corrected chi connectivity index (χ0v) is 13.3. The third-order valence-corrected chi connectivity index (χ3v) is 3.23. The summed E-state index contributed by atoms with van der Waals surface area (Å²) in [5.74, 6) is 0.136. The summed E-state index contributed by atoms with van der Waals surface area (Å²) in [7, 11) is 0. The molecule has 2 rings (SSSR count). The van der Waals surface area contributed by atoms with Crippen LogP contribution in [0.4, 0.5) is 0 Å². The molecule has 120 valence electrons. The van der Waals surface area contributed by atoms with Gasteiger partial charge in [0.25, 0.3) is 0 Å². The van der Waals surface area contributed by atoms with Crippen LogP contribution in [0.15, 0.2) is 60.8 Å². The summed E-state index contributed by atoms with van der Waals surface area (Å²) in [6.45, 7) is 3.84. The zero-order valence-electron chi connectivity index (χ0n) is 13.3. The van der Waals surface area contributed by atoms with Crippen molar-refractivity contribution in [3.8, 4) is 0 Å². The molecule has 4 nitrogen and oxygen atoms in total. The normalized spacial score (nSPS) is 12.2. The van der Waals surface area contributed by atoms with Gasteiger partial charge in [-0.05, 0) is 29.7 Å². The SMILES string of the molecule is CC(CNC(=O)/C=C/c1ccccn1)COCc1ccccc1. The van der Waals surface area contributed by atoms with Crippen molar-refractivity contribution >= 4 is 12.0 Å². The Morgan fingerprint density at radius 1 is 1.22 bits per heavy atom. The first-order chi connectivity index (χ1) is 11.2. The Morgan fingerprint density at radius 2 is 2.00 bits per heavy atom. The molecule has 0 aliphatic rings. The van der Waals surface area contributed by atoms with E-state index in [1.165, 1.54) is 6.08 Å². The van der Waals surface area contributed by atoms with Crippen LogP contribution in [0.25, 0.3) is 6.08 Å². The maximum absolute atomic E-state index is 11.7. The van der Waals surface area contributed by atoms with E-state index in [-0.39, 0.29) is 11.8 Å². The van der Waals surface area contributed by atoms with Gasteiger partial charge in [-0.15, -0.1) is 0 Å². The number of nitrogens with one attached hydrogen (secondary N) is 1. The van der Waals surface area contributed by atoms with E-state index >= 15 is 0 Å². The van der Waals surface area contributed by atoms with Crippen LogP contribution in [0, 0.1) is 5.92 Å². The molecular formula is C19H22N2O2. The topological polar surface area (TPSA) is 51.2 Å². The maximum Gasteiger partial charge on any atom is 0.244 e. The van der Waals surface area contributed by atoms with Gasteiger partial charge < -0.3 is 10.1 Å². The van der Waals surface area contributed by atoms with Gasteiger partial charge in [-0.25, -0.2) is 0 Å². The second kappa shape index (κ2) is 9.54. The lowest BCUT2D eigenvalue weighted by Crippen LogP contribution is -2.28. The summed E-state index contributed by atoms with van der Waals surface area (Å²) in [6.07, 6.45) is 4.90. The Balaban J connectivity index is 1.63. The number of benzene rings is 1. The van der Waals surface area contributed by atoms with Crippen molar-refractivity contribution < 1.29 is 9.53 Å². The molecule has 1 amide bonds. The molecule has 1 heterocycles. The van der Waals surface area contributed by atoms with Crippen LogP contribution in [0.2, 0.25) is 0 Å². The van der Waals surface area contributed by atoms with Crippen LogP contribution in [0.3, 0.4) is 0 Å². The van der Waals surface area contributed by atoms with Crippen LogP contribution < -0.4 is 5.32 Å². The highest BCUT2D eigenvalue weighted by Gasteiger charge is 2.04. The summed E-state index contributed by atoms with van der Waals surface area (Å²) in [5.41, 5.74) is 1.92. The minimum absolute atomic E-state index is 0.120. The Labute approximate surface area is 137 Å². The second-order valence-corrected chi connectivity index (χ2v) is 5.44. The zero-order chi connectivity index (χ0) is 16.3. The first kappa shape index (κ1) is 16.9. The predicted molar refractivity (Wildman–Crippen MR) is 91.5 cm³/mol. The Kier molecular flexibility index (Phi) is 7.01. The lowest BCUT2D eigenvalue weighted by Gasteiger charge is -2.12. The van der Waals surface area contributed by atoms with Gasteiger partial charge in [0.15, 0.2) is 0 Å². The molecule has 0 saturated carbocycles. The molecular weight excluding hydrogens is 288 g/mol. The first-order valence-corrected chi connectivity index (χ1v) is 7.72. The maximum atomic E-state index is 11.7. The van der Waals surface area contributed by atoms with E-state index in [1.54, 1.807) is 12.3 Å². The molecule has 0 radical (unpaired) electrons. The van der Waals surface area contributed by atoms with Gasteiger partial charge in [0.1, 0.15) is 0 Å². The number of rotatable bonds is 8. The highest BCUT2D eigenvalue weighted by molar-refractivity contribution is 5.91. The van der Waals surface area contributed by atoms with E-state index in [2.05, 4.69) is 10.3 Å². The standard InChI is InChI=1S/C19H22N2O2/c1-16(14-23-15-17-7-3-2-4-8-17)13-21-19(22)11-10-18-9-5-6-12-20-18/h2-12,16H,13-15H2,1H3,(H,21,22)/b11-10+. The van der Waals surface area contributed by atoms with Crippen molar-refractivity contribution in [1.82, 2.24) is 10.3 Å². The van der Waals surface area contributed by atoms with Gasteiger partial charge in [-0.2, -0.15) is 0 Å². The molecule has 23 heavy (non-hydrogen) atoms. The number of pyridine rings is 1. The monoisotopic (exact) mass is 310 g/mol. The fraction of sp³-hybridized carbons (Fsp3) is 0.263. The molecule has 4 heteroatoms. The number of amides is 1. The van der Waals surface area contributed by atoms with Gasteiger partial charge in [0, 0.05) is 18.8 Å². The highest BCUT2D eigenvalue weighted by Crippen LogP contribution is 2.03. The minimum Gasteiger partial charge on any atom is -0.376 e. The molecule has 0 aliphatic carbocycles. The summed E-state index contributed by atoms with van der Waals surface area (Å²) in [6, 6.07) is 15.6. The van der Waals surface area contributed by atoms with Crippen LogP contribution in [0.5, 0.6) is 0 Å². The molecule has 1 aromatic heterocycles. The van der Waals surface area contributed by atoms with Crippen LogP contribution in [-0.2, 0) is 16.1 Å². The quantitative estimate of drug-likeness (QED) is 0.762. The number of ether oxygens (including phenoxy) is 1. The smallest absolute Gasteiger partial charge is 0.244 e. The minimum atomic E-state index is -0.120. The molecule has 1 N–H and O–H groups in total. The average molecular weight is 310 g/mol. The van der Waals surface area contributed by atoms with Crippen LogP contribution >= 0.6 is 0 Å². The lowest BCUT2D eigenvalue weighted by atomic mass is 10.2. The summed E-state index contributed by atoms with van der Waals surface area (Å²) < 4.78 is 5.66. The number of hydrogen-bond donors (Lipinski definition) is 1. The van der Waals surface area contributed by atoms with Gasteiger partial charge in [-0.3, -0.25) is 9.78 Å². The number of aromatic nitrogens is 1. The molecule has 1 aromatic carbocycles. The number of hydrogen-bond acceptors (Lipinski definition) is 3. The molecule has 0 fully saturated rings. The average Bonchev–Trinajstić information content (AvgIpc) is 2.60. The van der Waals surface area contributed by atoms with Crippen molar-refractivity contribution in [3.63, 3.8) is 0 Å². The van der Waals surface area contributed by atoms with Crippen molar-refractivity contribution in [2.45, 2.75) is 13.5 Å². The highest BCUT2D eigenvalue weighted by atomic mass is 16.5. The van der Waals surface area contributed by atoms with Gasteiger partial charge >= 0.3 is 0 Å². The van der Waals surface area contributed by atoms with Crippen molar-refractivity contribution in [1.29, 1.82) is 0 Å². The Bertz CT molecular complexity index is 612. The summed E-state index contributed by atoms with van der Waals surface area (Å²) in [5, 5.41) is 2.87. The Hall–Kier alpha value is -2.46. The predicted octanol–water partition coefficient (Wildman–Crippen LogP) is 3.06. The number of carbonyl (C=O) groups excluding carboxylic acids is 1. The van der Waals surface area contributed by atoms with Crippen molar-refractivity contribution in [3.05, 3.63) is 72.1 Å². The molecule has 2 aromatic rings. The van der Waals surface area contributed by atoms with E-state index < -0.39 is 0 Å². The van der Waals surface area contributed by atoms with E-state index in [9.17, 15) is 4.79 Å². The number of nitrogens with zero attached hydrogens (tertiary/aromatic N) is 1. The van der Waals surface area contributed by atoms with Crippen molar-refractivity contribution in [2.75, 3.05) is 13.2 Å². The van der Waals surface area contributed by atoms with Gasteiger partial charge in [0.2, 0.25) is 5.91 Å². The largest absolute Gasteiger partial charge is 0.376 e. The molecule has 0 aliphatic heterocycles. The Morgan fingerprint density at radius 3 is 2.74 bits per heavy atom. The molecule has 1 atom stereocenters. The number of carbonyl (C=O) groups is 1. The third kappa shape index (κ3) is 6.89. The van der Waals surface area contributed by atoms with E-state index in [1.807, 2.05) is 55.5 Å². The summed E-state index contributed by atoms with van der Waals surface area (Å²) in [4.78, 5) is 15.9.